The van der Waals surface area contributed by atoms with Gasteiger partial charge in [-0.3, -0.25) is 0 Å². The summed E-state index contributed by atoms with van der Waals surface area (Å²) in [4.78, 5) is 4.05. The van der Waals surface area contributed by atoms with E-state index in [4.69, 9.17) is 4.74 Å². The largest absolute Gasteiger partial charge is 0.477 e. The molecule has 0 atom stereocenters. The van der Waals surface area contributed by atoms with Crippen molar-refractivity contribution >= 4 is 0 Å². The molecule has 0 radical (unpaired) electrons. The lowest BCUT2D eigenvalue weighted by Crippen LogP contribution is -2.22. The average Bonchev–Trinajstić information content (AvgIpc) is 2.42. The fourth-order valence-electron chi connectivity index (χ4n) is 1.91. The molecule has 20 heavy (non-hydrogen) atoms. The second kappa shape index (κ2) is 9.70. The van der Waals surface area contributed by atoms with Gasteiger partial charge in [-0.15, -0.1) is 0 Å². The molecule has 0 saturated carbocycles. The number of aromatic nitrogens is 1. The minimum Gasteiger partial charge on any atom is -0.477 e. The van der Waals surface area contributed by atoms with Crippen molar-refractivity contribution in [2.75, 3.05) is 6.61 Å². The maximum absolute atomic E-state index is 13.3. The van der Waals surface area contributed by atoms with Crippen LogP contribution >= 0.6 is 0 Å². The Bertz CT molecular complexity index is 383. The van der Waals surface area contributed by atoms with Crippen molar-refractivity contribution in [3.05, 3.63) is 23.6 Å². The molecular weight excluding hydrogens is 255 g/mol. The molecule has 1 aromatic heterocycles. The summed E-state index contributed by atoms with van der Waals surface area (Å²) in [6.07, 6.45) is 7.18. The van der Waals surface area contributed by atoms with Gasteiger partial charge in [-0.1, -0.05) is 46.5 Å². The summed E-state index contributed by atoms with van der Waals surface area (Å²) < 4.78 is 18.9. The molecule has 4 heteroatoms. The van der Waals surface area contributed by atoms with Crippen LogP contribution < -0.4 is 10.1 Å². The van der Waals surface area contributed by atoms with E-state index >= 15 is 0 Å². The van der Waals surface area contributed by atoms with Gasteiger partial charge in [0.25, 0.3) is 0 Å². The third-order valence-electron chi connectivity index (χ3n) is 3.08. The van der Waals surface area contributed by atoms with Crippen LogP contribution in [0.4, 0.5) is 4.39 Å². The number of hydrogen-bond donors (Lipinski definition) is 1. The Labute approximate surface area is 121 Å². The van der Waals surface area contributed by atoms with Gasteiger partial charge in [-0.25, -0.2) is 9.37 Å². The van der Waals surface area contributed by atoms with E-state index in [2.05, 4.69) is 31.1 Å². The summed E-state index contributed by atoms with van der Waals surface area (Å²) in [5, 5.41) is 3.26. The molecule has 0 aliphatic rings. The molecule has 1 heterocycles. The van der Waals surface area contributed by atoms with E-state index in [0.29, 0.717) is 25.1 Å². The molecule has 0 saturated heterocycles. The Morgan fingerprint density at radius 3 is 2.70 bits per heavy atom. The summed E-state index contributed by atoms with van der Waals surface area (Å²) in [5.74, 6) is 0.232. The van der Waals surface area contributed by atoms with Crippen molar-refractivity contribution in [1.82, 2.24) is 10.3 Å². The highest BCUT2D eigenvalue weighted by Gasteiger charge is 2.08. The van der Waals surface area contributed by atoms with Gasteiger partial charge in [-0.05, 0) is 12.5 Å². The first-order valence-electron chi connectivity index (χ1n) is 7.64. The minimum absolute atomic E-state index is 0.319. The van der Waals surface area contributed by atoms with E-state index in [1.807, 2.05) is 0 Å². The maximum atomic E-state index is 13.3. The van der Waals surface area contributed by atoms with Crippen LogP contribution in [-0.2, 0) is 6.54 Å². The molecule has 1 rings (SSSR count). The molecule has 0 amide bonds. The molecule has 0 aliphatic carbocycles. The van der Waals surface area contributed by atoms with Gasteiger partial charge < -0.3 is 10.1 Å². The normalized spacial score (nSPS) is 11.1. The van der Waals surface area contributed by atoms with Crippen LogP contribution in [0.3, 0.4) is 0 Å². The molecule has 1 aromatic rings. The van der Waals surface area contributed by atoms with Gasteiger partial charge in [0.1, 0.15) is 5.82 Å². The third-order valence-corrected chi connectivity index (χ3v) is 3.08. The fraction of sp³-hybridized carbons (Fsp3) is 0.688. The minimum atomic E-state index is -0.319. The lowest BCUT2D eigenvalue weighted by molar-refractivity contribution is 0.288. The van der Waals surface area contributed by atoms with Crippen molar-refractivity contribution in [2.24, 2.45) is 0 Å². The lowest BCUT2D eigenvalue weighted by Gasteiger charge is -2.12. The number of nitrogens with zero attached hydrogens (tertiary/aromatic N) is 1. The second-order valence-electron chi connectivity index (χ2n) is 5.42. The quantitative estimate of drug-likeness (QED) is 0.657. The summed E-state index contributed by atoms with van der Waals surface area (Å²) in [7, 11) is 0. The molecule has 0 aromatic carbocycles. The first kappa shape index (κ1) is 16.9. The molecule has 0 unspecified atom stereocenters. The average molecular weight is 282 g/mol. The Morgan fingerprint density at radius 2 is 2.00 bits per heavy atom. The zero-order valence-electron chi connectivity index (χ0n) is 12.9. The highest BCUT2D eigenvalue weighted by atomic mass is 19.1. The van der Waals surface area contributed by atoms with Gasteiger partial charge in [0.05, 0.1) is 12.8 Å². The standard InChI is InChI=1S/C16H27FN2O/c1-4-5-6-7-8-9-20-16-14(11-18-13(2)3)10-15(17)12-19-16/h10,12-13,18H,4-9,11H2,1-3H3. The van der Waals surface area contributed by atoms with E-state index < -0.39 is 0 Å². The number of hydrogen-bond acceptors (Lipinski definition) is 3. The monoisotopic (exact) mass is 282 g/mol. The van der Waals surface area contributed by atoms with Crippen LogP contribution in [0.2, 0.25) is 0 Å². The summed E-state index contributed by atoms with van der Waals surface area (Å²) in [6.45, 7) is 7.54. The van der Waals surface area contributed by atoms with Gasteiger partial charge in [0.15, 0.2) is 0 Å². The molecule has 1 N–H and O–H groups in total. The predicted octanol–water partition coefficient (Wildman–Crippen LogP) is 4.07. The zero-order chi connectivity index (χ0) is 14.8. The molecule has 0 fully saturated rings. The highest BCUT2D eigenvalue weighted by Crippen LogP contribution is 2.17. The van der Waals surface area contributed by atoms with Crippen LogP contribution in [0.15, 0.2) is 12.3 Å². The second-order valence-corrected chi connectivity index (χ2v) is 5.42. The third kappa shape index (κ3) is 6.85. The van der Waals surface area contributed by atoms with Crippen molar-refractivity contribution in [3.8, 4) is 5.88 Å². The Balaban J connectivity index is 2.43. The molecule has 114 valence electrons. The number of rotatable bonds is 10. The van der Waals surface area contributed by atoms with Gasteiger partial charge in [0.2, 0.25) is 5.88 Å². The molecule has 0 aliphatic heterocycles. The van der Waals surface area contributed by atoms with Crippen LogP contribution in [0.1, 0.15) is 58.4 Å². The molecule has 0 bridgehead atoms. The Hall–Kier alpha value is -1.16. The first-order valence-corrected chi connectivity index (χ1v) is 7.64. The number of nitrogens with one attached hydrogen (secondary N) is 1. The lowest BCUT2D eigenvalue weighted by atomic mass is 10.2. The van der Waals surface area contributed by atoms with Gasteiger partial charge in [-0.2, -0.15) is 0 Å². The summed E-state index contributed by atoms with van der Waals surface area (Å²) in [5.41, 5.74) is 0.784. The summed E-state index contributed by atoms with van der Waals surface area (Å²) >= 11 is 0. The van der Waals surface area contributed by atoms with E-state index in [1.54, 1.807) is 0 Å². The van der Waals surface area contributed by atoms with E-state index in [-0.39, 0.29) is 5.82 Å². The van der Waals surface area contributed by atoms with Crippen molar-refractivity contribution in [1.29, 1.82) is 0 Å². The predicted molar refractivity (Wildman–Crippen MR) is 80.4 cm³/mol. The van der Waals surface area contributed by atoms with E-state index in [9.17, 15) is 4.39 Å². The van der Waals surface area contributed by atoms with Crippen LogP contribution in [0.25, 0.3) is 0 Å². The smallest absolute Gasteiger partial charge is 0.218 e. The highest BCUT2D eigenvalue weighted by molar-refractivity contribution is 5.26. The van der Waals surface area contributed by atoms with Crippen LogP contribution in [-0.4, -0.2) is 17.6 Å². The van der Waals surface area contributed by atoms with E-state index in [1.165, 1.54) is 37.9 Å². The first-order chi connectivity index (χ1) is 9.63. The van der Waals surface area contributed by atoms with Crippen molar-refractivity contribution < 1.29 is 9.13 Å². The Kier molecular flexibility index (Phi) is 8.19. The SMILES string of the molecule is CCCCCCCOc1ncc(F)cc1CNC(C)C. The molecule has 0 spiro atoms. The van der Waals surface area contributed by atoms with Crippen LogP contribution in [0, 0.1) is 5.82 Å². The van der Waals surface area contributed by atoms with Crippen molar-refractivity contribution in [3.63, 3.8) is 0 Å². The van der Waals surface area contributed by atoms with Gasteiger partial charge in [0, 0.05) is 18.2 Å². The Morgan fingerprint density at radius 1 is 1.25 bits per heavy atom. The van der Waals surface area contributed by atoms with Crippen LogP contribution in [0.5, 0.6) is 5.88 Å². The van der Waals surface area contributed by atoms with Gasteiger partial charge >= 0.3 is 0 Å². The number of unbranched alkanes of at least 4 members (excludes halogenated alkanes) is 4. The molecule has 3 nitrogen and oxygen atoms in total. The molecular formula is C16H27FN2O. The zero-order valence-corrected chi connectivity index (χ0v) is 12.9. The topological polar surface area (TPSA) is 34.1 Å². The summed E-state index contributed by atoms with van der Waals surface area (Å²) in [6, 6.07) is 1.84. The number of pyridine rings is 1. The van der Waals surface area contributed by atoms with E-state index in [0.717, 1.165) is 12.0 Å². The maximum Gasteiger partial charge on any atom is 0.218 e. The van der Waals surface area contributed by atoms with Crippen molar-refractivity contribution in [2.45, 2.75) is 65.5 Å². The number of ether oxygens (including phenoxy) is 1. The fourth-order valence-corrected chi connectivity index (χ4v) is 1.91. The number of halogens is 1.